The van der Waals surface area contributed by atoms with Gasteiger partial charge in [0.15, 0.2) is 0 Å². The summed E-state index contributed by atoms with van der Waals surface area (Å²) in [6.45, 7) is 4.41. The number of pyridine rings is 1. The number of benzene rings is 1. The van der Waals surface area contributed by atoms with Gasteiger partial charge in [-0.25, -0.2) is 4.39 Å². The lowest BCUT2D eigenvalue weighted by Crippen LogP contribution is -2.37. The molecule has 1 aromatic carbocycles. The molecule has 0 aliphatic heterocycles. The second kappa shape index (κ2) is 8.23. The Morgan fingerprint density at radius 3 is 2.29 bits per heavy atom. The van der Waals surface area contributed by atoms with E-state index in [9.17, 15) is 4.39 Å². The van der Waals surface area contributed by atoms with Crippen LogP contribution in [0, 0.1) is 5.82 Å². The van der Waals surface area contributed by atoms with Crippen molar-refractivity contribution in [3.05, 3.63) is 60.3 Å². The van der Waals surface area contributed by atoms with E-state index in [-0.39, 0.29) is 5.82 Å². The number of hydrogen-bond donors (Lipinski definition) is 2. The third kappa shape index (κ3) is 3.99. The zero-order valence-electron chi connectivity index (χ0n) is 16.5. The predicted octanol–water partition coefficient (Wildman–Crippen LogP) is 5.30. The van der Waals surface area contributed by atoms with E-state index in [0.717, 1.165) is 35.2 Å². The second-order valence-electron chi connectivity index (χ2n) is 7.97. The Labute approximate surface area is 165 Å². The van der Waals surface area contributed by atoms with Crippen molar-refractivity contribution in [3.63, 3.8) is 0 Å². The highest BCUT2D eigenvalue weighted by Gasteiger charge is 2.28. The van der Waals surface area contributed by atoms with E-state index in [1.54, 1.807) is 12.1 Å². The van der Waals surface area contributed by atoms with E-state index >= 15 is 0 Å². The highest BCUT2D eigenvalue weighted by molar-refractivity contribution is 5.82. The molecule has 0 radical (unpaired) electrons. The minimum absolute atomic E-state index is 0.235. The van der Waals surface area contributed by atoms with Gasteiger partial charge in [-0.3, -0.25) is 10.1 Å². The molecule has 0 atom stereocenters. The van der Waals surface area contributed by atoms with Crippen molar-refractivity contribution >= 4 is 0 Å². The SMILES string of the molecule is CC(C)N[C@H]1CC[C@@H](c2[nH]nc(-c3ccc(F)cc3)c2-c2ccncc2)CC1. The Morgan fingerprint density at radius 2 is 1.64 bits per heavy atom. The summed E-state index contributed by atoms with van der Waals surface area (Å²) in [7, 11) is 0. The largest absolute Gasteiger partial charge is 0.312 e. The van der Waals surface area contributed by atoms with Crippen molar-refractivity contribution in [3.8, 4) is 22.4 Å². The fraction of sp³-hybridized carbons (Fsp3) is 0.391. The van der Waals surface area contributed by atoms with Gasteiger partial charge in [-0.05, 0) is 67.6 Å². The standard InChI is InChI=1S/C23H27FN4/c1-15(2)26-20-9-5-18(6-10-20)23-21(16-11-13-25-14-12-16)22(27-28-23)17-3-7-19(24)8-4-17/h3-4,7-8,11-15,18,20,26H,5-6,9-10H2,1-2H3,(H,27,28)/t18-,20+. The van der Waals surface area contributed by atoms with E-state index in [1.165, 1.54) is 30.7 Å². The van der Waals surface area contributed by atoms with Crippen LogP contribution in [0.4, 0.5) is 4.39 Å². The fourth-order valence-corrected chi connectivity index (χ4v) is 4.30. The Bertz CT molecular complexity index is 894. The van der Waals surface area contributed by atoms with Crippen LogP contribution in [0.5, 0.6) is 0 Å². The first-order valence-corrected chi connectivity index (χ1v) is 10.1. The summed E-state index contributed by atoms with van der Waals surface area (Å²) in [4.78, 5) is 4.16. The van der Waals surface area contributed by atoms with Crippen LogP contribution in [-0.2, 0) is 0 Å². The maximum absolute atomic E-state index is 13.4. The van der Waals surface area contributed by atoms with Gasteiger partial charge in [0.2, 0.25) is 0 Å². The number of nitrogens with zero attached hydrogens (tertiary/aromatic N) is 2. The first-order chi connectivity index (χ1) is 13.6. The highest BCUT2D eigenvalue weighted by atomic mass is 19.1. The molecule has 1 aliphatic rings. The molecule has 28 heavy (non-hydrogen) atoms. The number of H-pyrrole nitrogens is 1. The van der Waals surface area contributed by atoms with Gasteiger partial charge in [0.25, 0.3) is 0 Å². The average Bonchev–Trinajstić information content (AvgIpc) is 3.14. The van der Waals surface area contributed by atoms with Gasteiger partial charge in [0, 0.05) is 47.2 Å². The molecule has 2 aromatic heterocycles. The Hall–Kier alpha value is -2.53. The molecule has 1 aliphatic carbocycles. The van der Waals surface area contributed by atoms with Gasteiger partial charge < -0.3 is 5.32 Å². The lowest BCUT2D eigenvalue weighted by molar-refractivity contribution is 0.323. The van der Waals surface area contributed by atoms with Crippen molar-refractivity contribution < 1.29 is 4.39 Å². The molecule has 4 nitrogen and oxygen atoms in total. The first-order valence-electron chi connectivity index (χ1n) is 10.1. The van der Waals surface area contributed by atoms with Crippen molar-refractivity contribution in [2.75, 3.05) is 0 Å². The summed E-state index contributed by atoms with van der Waals surface area (Å²) >= 11 is 0. The molecule has 0 amide bonds. The zero-order valence-corrected chi connectivity index (χ0v) is 16.5. The summed E-state index contributed by atoms with van der Waals surface area (Å²) in [5, 5.41) is 11.6. The highest BCUT2D eigenvalue weighted by Crippen LogP contribution is 2.41. The third-order valence-corrected chi connectivity index (χ3v) is 5.59. The van der Waals surface area contributed by atoms with E-state index in [4.69, 9.17) is 0 Å². The molecule has 4 rings (SSSR count). The molecule has 1 fully saturated rings. The van der Waals surface area contributed by atoms with Crippen LogP contribution >= 0.6 is 0 Å². The van der Waals surface area contributed by atoms with Crippen LogP contribution < -0.4 is 5.32 Å². The van der Waals surface area contributed by atoms with Crippen molar-refractivity contribution in [2.45, 2.75) is 57.5 Å². The van der Waals surface area contributed by atoms with E-state index < -0.39 is 0 Å². The number of halogens is 1. The maximum Gasteiger partial charge on any atom is 0.123 e. The van der Waals surface area contributed by atoms with E-state index in [1.807, 2.05) is 24.5 Å². The molecule has 0 spiro atoms. The van der Waals surface area contributed by atoms with Crippen molar-refractivity contribution in [2.24, 2.45) is 0 Å². The molecule has 1 saturated carbocycles. The molecule has 3 aromatic rings. The molecular formula is C23H27FN4. The Balaban J connectivity index is 1.68. The van der Waals surface area contributed by atoms with Gasteiger partial charge in [-0.2, -0.15) is 5.10 Å². The molecule has 2 N–H and O–H groups in total. The minimum Gasteiger partial charge on any atom is -0.312 e. The van der Waals surface area contributed by atoms with Gasteiger partial charge >= 0.3 is 0 Å². The van der Waals surface area contributed by atoms with E-state index in [0.29, 0.717) is 18.0 Å². The molecule has 5 heteroatoms. The summed E-state index contributed by atoms with van der Waals surface area (Å²) in [5.41, 5.74) is 5.21. The monoisotopic (exact) mass is 378 g/mol. The van der Waals surface area contributed by atoms with Gasteiger partial charge in [-0.15, -0.1) is 0 Å². The molecular weight excluding hydrogens is 351 g/mol. The third-order valence-electron chi connectivity index (χ3n) is 5.59. The first kappa shape index (κ1) is 18.8. The quantitative estimate of drug-likeness (QED) is 0.633. The second-order valence-corrected chi connectivity index (χ2v) is 7.97. The normalized spacial score (nSPS) is 19.9. The molecule has 0 bridgehead atoms. The van der Waals surface area contributed by atoms with Gasteiger partial charge in [0.05, 0.1) is 0 Å². The minimum atomic E-state index is -0.235. The molecule has 2 heterocycles. The molecule has 0 unspecified atom stereocenters. The number of nitrogens with one attached hydrogen (secondary N) is 2. The van der Waals surface area contributed by atoms with Crippen molar-refractivity contribution in [1.82, 2.24) is 20.5 Å². The topological polar surface area (TPSA) is 53.6 Å². The summed E-state index contributed by atoms with van der Waals surface area (Å²) in [6, 6.07) is 11.7. The number of aromatic amines is 1. The maximum atomic E-state index is 13.4. The van der Waals surface area contributed by atoms with Crippen molar-refractivity contribution in [1.29, 1.82) is 0 Å². The number of hydrogen-bond acceptors (Lipinski definition) is 3. The lowest BCUT2D eigenvalue weighted by Gasteiger charge is -2.30. The van der Waals surface area contributed by atoms with Crippen LogP contribution in [0.15, 0.2) is 48.8 Å². The Kier molecular flexibility index (Phi) is 5.53. The van der Waals surface area contributed by atoms with Crippen LogP contribution in [0.1, 0.15) is 51.1 Å². The van der Waals surface area contributed by atoms with Gasteiger partial charge in [0.1, 0.15) is 11.5 Å². The smallest absolute Gasteiger partial charge is 0.123 e. The van der Waals surface area contributed by atoms with E-state index in [2.05, 4.69) is 34.3 Å². The summed E-state index contributed by atoms with van der Waals surface area (Å²) in [6.07, 6.45) is 8.22. The Morgan fingerprint density at radius 1 is 0.964 bits per heavy atom. The zero-order chi connectivity index (χ0) is 19.5. The average molecular weight is 378 g/mol. The van der Waals surface area contributed by atoms with Crippen LogP contribution in [0.2, 0.25) is 0 Å². The summed E-state index contributed by atoms with van der Waals surface area (Å²) in [5.74, 6) is 0.219. The van der Waals surface area contributed by atoms with Crippen LogP contribution in [0.3, 0.4) is 0 Å². The number of aromatic nitrogens is 3. The lowest BCUT2D eigenvalue weighted by atomic mass is 9.81. The van der Waals surface area contributed by atoms with Crippen LogP contribution in [0.25, 0.3) is 22.4 Å². The summed E-state index contributed by atoms with van der Waals surface area (Å²) < 4.78 is 13.4. The van der Waals surface area contributed by atoms with Gasteiger partial charge in [-0.1, -0.05) is 13.8 Å². The fourth-order valence-electron chi connectivity index (χ4n) is 4.30. The number of rotatable bonds is 5. The van der Waals surface area contributed by atoms with Crippen LogP contribution in [-0.4, -0.2) is 27.3 Å². The molecule has 0 saturated heterocycles. The predicted molar refractivity (Wildman–Crippen MR) is 110 cm³/mol. The molecule has 146 valence electrons.